The Hall–Kier alpha value is -2.61. The highest BCUT2D eigenvalue weighted by Crippen LogP contribution is 2.19. The van der Waals surface area contributed by atoms with Crippen LogP contribution >= 0.6 is 0 Å². The topological polar surface area (TPSA) is 26.0 Å². The maximum Gasteiger partial charge on any atom is 0.226 e. The van der Waals surface area contributed by atoms with E-state index in [2.05, 4.69) is 4.98 Å². The Morgan fingerprint density at radius 2 is 1.47 bits per heavy atom. The fraction of sp³-hybridized carbons (Fsp3) is 0. The van der Waals surface area contributed by atoms with Gasteiger partial charge in [0.05, 0.1) is 6.20 Å². The van der Waals surface area contributed by atoms with Crippen molar-refractivity contribution in [1.82, 2.24) is 4.98 Å². The van der Waals surface area contributed by atoms with Gasteiger partial charge in [-0.2, -0.15) is 0 Å². The van der Waals surface area contributed by atoms with Crippen LogP contribution in [0.15, 0.2) is 71.3 Å². The third-order valence-electron chi connectivity index (χ3n) is 2.78. The fourth-order valence-corrected chi connectivity index (χ4v) is 1.82. The number of hydrogen-bond donors (Lipinski definition) is 0. The molecule has 19 heavy (non-hydrogen) atoms. The molecular weight excluding hydrogens is 234 g/mol. The third kappa shape index (κ3) is 2.80. The summed E-state index contributed by atoms with van der Waals surface area (Å²) in [7, 11) is 0. The van der Waals surface area contributed by atoms with Gasteiger partial charge in [0, 0.05) is 5.56 Å². The lowest BCUT2D eigenvalue weighted by atomic mass is 10.2. The van der Waals surface area contributed by atoms with Gasteiger partial charge in [0.2, 0.25) is 5.89 Å². The Labute approximate surface area is 112 Å². The lowest BCUT2D eigenvalue weighted by Gasteiger charge is -1.93. The van der Waals surface area contributed by atoms with E-state index in [-0.39, 0.29) is 0 Å². The Morgan fingerprint density at radius 1 is 0.789 bits per heavy atom. The molecule has 0 unspecified atom stereocenters. The minimum Gasteiger partial charge on any atom is -0.437 e. The number of hydrogen-bond acceptors (Lipinski definition) is 2. The monoisotopic (exact) mass is 247 g/mol. The summed E-state index contributed by atoms with van der Waals surface area (Å²) in [5.74, 6) is 1.40. The SMILES string of the molecule is C(=C\c1cnc(-c2ccccc2)o1)/c1ccccc1. The molecule has 0 aliphatic rings. The number of oxazole rings is 1. The second-order valence-corrected chi connectivity index (χ2v) is 4.18. The standard InChI is InChI=1S/C17H13NO/c1-3-7-14(8-4-1)11-12-16-13-18-17(19-16)15-9-5-2-6-10-15/h1-13H/b12-11+. The summed E-state index contributed by atoms with van der Waals surface area (Å²) >= 11 is 0. The Balaban J connectivity index is 1.81. The van der Waals surface area contributed by atoms with Crippen molar-refractivity contribution in [3.8, 4) is 11.5 Å². The number of nitrogens with zero attached hydrogens (tertiary/aromatic N) is 1. The molecule has 92 valence electrons. The van der Waals surface area contributed by atoms with Crippen molar-refractivity contribution in [2.75, 3.05) is 0 Å². The zero-order chi connectivity index (χ0) is 12.9. The average molecular weight is 247 g/mol. The first kappa shape index (κ1) is 11.5. The summed E-state index contributed by atoms with van der Waals surface area (Å²) in [5.41, 5.74) is 2.13. The Bertz CT molecular complexity index is 669. The molecule has 3 rings (SSSR count). The summed E-state index contributed by atoms with van der Waals surface area (Å²) in [6.07, 6.45) is 5.67. The zero-order valence-electron chi connectivity index (χ0n) is 10.4. The minimum absolute atomic E-state index is 0.647. The fourth-order valence-electron chi connectivity index (χ4n) is 1.82. The molecule has 2 nitrogen and oxygen atoms in total. The molecule has 0 spiro atoms. The van der Waals surface area contributed by atoms with Gasteiger partial charge in [0.25, 0.3) is 0 Å². The summed E-state index contributed by atoms with van der Waals surface area (Å²) in [6, 6.07) is 20.0. The Morgan fingerprint density at radius 3 is 2.21 bits per heavy atom. The van der Waals surface area contributed by atoms with Crippen LogP contribution in [0.4, 0.5) is 0 Å². The number of aromatic nitrogens is 1. The van der Waals surface area contributed by atoms with Crippen molar-refractivity contribution in [2.24, 2.45) is 0 Å². The second kappa shape index (κ2) is 5.36. The van der Waals surface area contributed by atoms with Gasteiger partial charge >= 0.3 is 0 Å². The van der Waals surface area contributed by atoms with E-state index in [9.17, 15) is 0 Å². The van der Waals surface area contributed by atoms with Crippen LogP contribution in [0.5, 0.6) is 0 Å². The van der Waals surface area contributed by atoms with E-state index in [0.717, 1.165) is 16.9 Å². The van der Waals surface area contributed by atoms with Crippen LogP contribution < -0.4 is 0 Å². The van der Waals surface area contributed by atoms with Crippen molar-refractivity contribution < 1.29 is 4.42 Å². The molecule has 2 aromatic carbocycles. The van der Waals surface area contributed by atoms with E-state index in [1.807, 2.05) is 72.8 Å². The van der Waals surface area contributed by atoms with Crippen molar-refractivity contribution in [2.45, 2.75) is 0 Å². The van der Waals surface area contributed by atoms with Gasteiger partial charge in [-0.3, -0.25) is 0 Å². The zero-order valence-corrected chi connectivity index (χ0v) is 10.4. The van der Waals surface area contributed by atoms with Crippen LogP contribution in [-0.4, -0.2) is 4.98 Å². The van der Waals surface area contributed by atoms with E-state index in [0.29, 0.717) is 5.89 Å². The van der Waals surface area contributed by atoms with E-state index < -0.39 is 0 Å². The van der Waals surface area contributed by atoms with Gasteiger partial charge < -0.3 is 4.42 Å². The Kier molecular flexibility index (Phi) is 3.24. The highest BCUT2D eigenvalue weighted by molar-refractivity contribution is 5.67. The average Bonchev–Trinajstić information content (AvgIpc) is 2.96. The van der Waals surface area contributed by atoms with Crippen molar-refractivity contribution >= 4 is 12.2 Å². The van der Waals surface area contributed by atoms with E-state index >= 15 is 0 Å². The molecule has 0 saturated carbocycles. The van der Waals surface area contributed by atoms with Crippen molar-refractivity contribution in [3.63, 3.8) is 0 Å². The first-order chi connectivity index (χ1) is 9.42. The molecule has 0 aliphatic heterocycles. The van der Waals surface area contributed by atoms with Crippen LogP contribution in [0.25, 0.3) is 23.6 Å². The van der Waals surface area contributed by atoms with Crippen molar-refractivity contribution in [3.05, 3.63) is 78.2 Å². The molecule has 0 fully saturated rings. The van der Waals surface area contributed by atoms with Crippen molar-refractivity contribution in [1.29, 1.82) is 0 Å². The maximum atomic E-state index is 5.69. The number of rotatable bonds is 3. The van der Waals surface area contributed by atoms with E-state index in [1.165, 1.54) is 0 Å². The quantitative estimate of drug-likeness (QED) is 0.680. The van der Waals surface area contributed by atoms with E-state index in [1.54, 1.807) is 6.20 Å². The summed E-state index contributed by atoms with van der Waals surface area (Å²) in [5, 5.41) is 0. The van der Waals surface area contributed by atoms with Crippen LogP contribution in [0, 0.1) is 0 Å². The molecule has 2 heteroatoms. The molecule has 0 radical (unpaired) electrons. The van der Waals surface area contributed by atoms with Crippen LogP contribution in [-0.2, 0) is 0 Å². The molecular formula is C17H13NO. The normalized spacial score (nSPS) is 10.9. The highest BCUT2D eigenvalue weighted by atomic mass is 16.4. The van der Waals surface area contributed by atoms with Gasteiger partial charge in [-0.1, -0.05) is 54.6 Å². The summed E-state index contributed by atoms with van der Waals surface area (Å²) in [4.78, 5) is 4.28. The van der Waals surface area contributed by atoms with E-state index in [4.69, 9.17) is 4.42 Å². The first-order valence-corrected chi connectivity index (χ1v) is 6.16. The molecule has 0 amide bonds. The smallest absolute Gasteiger partial charge is 0.226 e. The molecule has 0 aliphatic carbocycles. The third-order valence-corrected chi connectivity index (χ3v) is 2.78. The first-order valence-electron chi connectivity index (χ1n) is 6.16. The van der Waals surface area contributed by atoms with Gasteiger partial charge in [-0.05, 0) is 23.8 Å². The van der Waals surface area contributed by atoms with Crippen LogP contribution in [0.1, 0.15) is 11.3 Å². The lowest BCUT2D eigenvalue weighted by Crippen LogP contribution is -1.73. The van der Waals surface area contributed by atoms with Crippen LogP contribution in [0.3, 0.4) is 0 Å². The largest absolute Gasteiger partial charge is 0.437 e. The molecule has 3 aromatic rings. The molecule has 0 N–H and O–H groups in total. The lowest BCUT2D eigenvalue weighted by molar-refractivity contribution is 0.565. The molecule has 1 heterocycles. The summed E-state index contributed by atoms with van der Waals surface area (Å²) < 4.78 is 5.69. The van der Waals surface area contributed by atoms with Gasteiger partial charge in [-0.15, -0.1) is 0 Å². The molecule has 0 saturated heterocycles. The minimum atomic E-state index is 0.647. The summed E-state index contributed by atoms with van der Waals surface area (Å²) in [6.45, 7) is 0. The predicted octanol–water partition coefficient (Wildman–Crippen LogP) is 4.51. The van der Waals surface area contributed by atoms with Gasteiger partial charge in [0.1, 0.15) is 5.76 Å². The molecule has 0 bridgehead atoms. The molecule has 1 aromatic heterocycles. The maximum absolute atomic E-state index is 5.69. The predicted molar refractivity (Wildman–Crippen MR) is 77.3 cm³/mol. The molecule has 0 atom stereocenters. The number of benzene rings is 2. The van der Waals surface area contributed by atoms with Gasteiger partial charge in [-0.25, -0.2) is 4.98 Å². The van der Waals surface area contributed by atoms with Crippen LogP contribution in [0.2, 0.25) is 0 Å². The second-order valence-electron chi connectivity index (χ2n) is 4.18. The van der Waals surface area contributed by atoms with Gasteiger partial charge in [0.15, 0.2) is 0 Å². The highest BCUT2D eigenvalue weighted by Gasteiger charge is 2.03.